The van der Waals surface area contributed by atoms with E-state index in [-0.39, 0.29) is 17.1 Å². The fourth-order valence-corrected chi connectivity index (χ4v) is 3.74. The second-order valence-corrected chi connectivity index (χ2v) is 7.48. The van der Waals surface area contributed by atoms with Gasteiger partial charge in [0, 0.05) is 70.5 Å². The second-order valence-electron chi connectivity index (χ2n) is 7.48. The van der Waals surface area contributed by atoms with Gasteiger partial charge in [0.25, 0.3) is 0 Å². The SMILES string of the molecule is [Cu+2].c1cc2nc(c1)CNCCN(CCNCc1ccnc3ccccc13)CCNC2. The first-order valence-electron chi connectivity index (χ1n) is 10.5. The van der Waals surface area contributed by atoms with Crippen LogP contribution in [0.5, 0.6) is 0 Å². The minimum absolute atomic E-state index is 0. The zero-order chi connectivity index (χ0) is 19.7. The van der Waals surface area contributed by atoms with E-state index in [2.05, 4.69) is 73.3 Å². The average Bonchev–Trinajstić information content (AvgIpc) is 2.76. The van der Waals surface area contributed by atoms with Gasteiger partial charge >= 0.3 is 17.1 Å². The zero-order valence-corrected chi connectivity index (χ0v) is 18.1. The molecule has 3 heterocycles. The van der Waals surface area contributed by atoms with Crippen LogP contribution in [0.15, 0.2) is 54.7 Å². The van der Waals surface area contributed by atoms with Crippen molar-refractivity contribution < 1.29 is 17.1 Å². The molecular formula is C23H30CuN6+2. The number of nitrogens with one attached hydrogen (secondary N) is 3. The first-order chi connectivity index (χ1) is 14.4. The fourth-order valence-electron chi connectivity index (χ4n) is 3.74. The summed E-state index contributed by atoms with van der Waals surface area (Å²) < 4.78 is 0. The molecule has 0 saturated carbocycles. The van der Waals surface area contributed by atoms with Gasteiger partial charge in [0.15, 0.2) is 0 Å². The van der Waals surface area contributed by atoms with E-state index in [0.29, 0.717) is 0 Å². The largest absolute Gasteiger partial charge is 2.00 e. The number of para-hydroxylation sites is 1. The van der Waals surface area contributed by atoms with E-state index >= 15 is 0 Å². The third-order valence-corrected chi connectivity index (χ3v) is 5.35. The van der Waals surface area contributed by atoms with Gasteiger partial charge in [-0.3, -0.25) is 14.9 Å². The van der Waals surface area contributed by atoms with Crippen molar-refractivity contribution in [3.8, 4) is 0 Å². The number of nitrogens with zero attached hydrogens (tertiary/aromatic N) is 3. The van der Waals surface area contributed by atoms with Crippen LogP contribution in [0.1, 0.15) is 17.0 Å². The molecule has 1 aliphatic rings. The van der Waals surface area contributed by atoms with E-state index in [1.54, 1.807) is 0 Å². The molecule has 6 nitrogen and oxygen atoms in total. The predicted molar refractivity (Wildman–Crippen MR) is 118 cm³/mol. The summed E-state index contributed by atoms with van der Waals surface area (Å²) in [6.45, 7) is 8.56. The molecule has 1 aliphatic heterocycles. The van der Waals surface area contributed by atoms with E-state index < -0.39 is 0 Å². The molecule has 0 unspecified atom stereocenters. The van der Waals surface area contributed by atoms with Crippen LogP contribution < -0.4 is 16.0 Å². The molecule has 1 aromatic carbocycles. The average molecular weight is 454 g/mol. The van der Waals surface area contributed by atoms with Crippen molar-refractivity contribution in [2.24, 2.45) is 0 Å². The fraction of sp³-hybridized carbons (Fsp3) is 0.391. The van der Waals surface area contributed by atoms with Gasteiger partial charge in [-0.05, 0) is 29.8 Å². The molecular weight excluding hydrogens is 424 g/mol. The molecule has 0 aliphatic carbocycles. The van der Waals surface area contributed by atoms with Crippen LogP contribution in [0.25, 0.3) is 10.9 Å². The van der Waals surface area contributed by atoms with Crippen molar-refractivity contribution in [3.63, 3.8) is 0 Å². The maximum Gasteiger partial charge on any atom is 2.00 e. The molecule has 0 fully saturated rings. The summed E-state index contributed by atoms with van der Waals surface area (Å²) in [5.41, 5.74) is 4.60. The quantitative estimate of drug-likeness (QED) is 0.405. The van der Waals surface area contributed by atoms with Crippen LogP contribution in [-0.2, 0) is 36.7 Å². The summed E-state index contributed by atoms with van der Waals surface area (Å²) in [6, 6.07) is 16.7. The standard InChI is InChI=1S/C23H30N6.Cu/c1-2-7-23-22(6-1)19(8-9-27-23)16-24-10-13-29-14-11-25-17-20-4-3-5-21(28-20)18-26-12-15-29;/h1-9,24-26H,10-18H2;/q;+2. The van der Waals surface area contributed by atoms with Gasteiger partial charge in [0.05, 0.1) is 16.9 Å². The predicted octanol–water partition coefficient (Wildman–Crippen LogP) is 1.91. The molecule has 2 bridgehead atoms. The van der Waals surface area contributed by atoms with Crippen LogP contribution in [0, 0.1) is 0 Å². The molecule has 0 spiro atoms. The number of hydrogen-bond acceptors (Lipinski definition) is 6. The monoisotopic (exact) mass is 453 g/mol. The number of aromatic nitrogens is 2. The molecule has 7 heteroatoms. The molecule has 0 atom stereocenters. The van der Waals surface area contributed by atoms with E-state index in [9.17, 15) is 0 Å². The Balaban J connectivity index is 0.00000256. The van der Waals surface area contributed by atoms with Crippen LogP contribution >= 0.6 is 0 Å². The van der Waals surface area contributed by atoms with Crippen molar-refractivity contribution in [1.29, 1.82) is 0 Å². The van der Waals surface area contributed by atoms with Crippen molar-refractivity contribution in [2.45, 2.75) is 19.6 Å². The Bertz CT molecular complexity index is 886. The molecule has 2 aromatic heterocycles. The molecule has 3 N–H and O–H groups in total. The molecule has 1 radical (unpaired) electrons. The molecule has 0 amide bonds. The minimum Gasteiger partial charge on any atom is -0.311 e. The summed E-state index contributed by atoms with van der Waals surface area (Å²) in [6.07, 6.45) is 1.90. The van der Waals surface area contributed by atoms with Gasteiger partial charge in [-0.1, -0.05) is 24.3 Å². The minimum atomic E-state index is 0. The second kappa shape index (κ2) is 12.1. The topological polar surface area (TPSA) is 65.1 Å². The third-order valence-electron chi connectivity index (χ3n) is 5.35. The Hall–Kier alpha value is -1.86. The first kappa shape index (κ1) is 22.8. The van der Waals surface area contributed by atoms with Gasteiger partial charge in [-0.15, -0.1) is 0 Å². The van der Waals surface area contributed by atoms with Crippen molar-refractivity contribution in [3.05, 3.63) is 71.7 Å². The van der Waals surface area contributed by atoms with Crippen LogP contribution in [0.2, 0.25) is 0 Å². The summed E-state index contributed by atoms with van der Waals surface area (Å²) in [7, 11) is 0. The Kier molecular flexibility index (Phi) is 9.21. The molecule has 161 valence electrons. The molecule has 0 saturated heterocycles. The van der Waals surface area contributed by atoms with E-state index in [0.717, 1.165) is 75.8 Å². The smallest absolute Gasteiger partial charge is 0.311 e. The molecule has 30 heavy (non-hydrogen) atoms. The molecule has 3 aromatic rings. The zero-order valence-electron chi connectivity index (χ0n) is 17.2. The van der Waals surface area contributed by atoms with Gasteiger partial charge in [-0.2, -0.15) is 0 Å². The number of benzene rings is 1. The number of rotatable bonds is 5. The Morgan fingerprint density at radius 1 is 0.900 bits per heavy atom. The first-order valence-corrected chi connectivity index (χ1v) is 10.5. The van der Waals surface area contributed by atoms with Gasteiger partial charge in [-0.25, -0.2) is 0 Å². The maximum absolute atomic E-state index is 4.68. The molecule has 4 rings (SSSR count). The third kappa shape index (κ3) is 6.57. The summed E-state index contributed by atoms with van der Waals surface area (Å²) in [5.74, 6) is 0. The van der Waals surface area contributed by atoms with Crippen LogP contribution in [0.4, 0.5) is 0 Å². The maximum atomic E-state index is 4.68. The van der Waals surface area contributed by atoms with E-state index in [1.807, 2.05) is 12.3 Å². The Morgan fingerprint density at radius 3 is 2.40 bits per heavy atom. The number of pyridine rings is 2. The van der Waals surface area contributed by atoms with Gasteiger partial charge in [0.2, 0.25) is 0 Å². The van der Waals surface area contributed by atoms with Crippen molar-refractivity contribution in [2.75, 3.05) is 39.3 Å². The van der Waals surface area contributed by atoms with Crippen LogP contribution in [-0.4, -0.2) is 54.1 Å². The number of hydrogen-bond donors (Lipinski definition) is 3. The summed E-state index contributed by atoms with van der Waals surface area (Å²) in [5, 5.41) is 11.9. The van der Waals surface area contributed by atoms with Gasteiger partial charge in [0.1, 0.15) is 0 Å². The van der Waals surface area contributed by atoms with E-state index in [4.69, 9.17) is 0 Å². The summed E-state index contributed by atoms with van der Waals surface area (Å²) in [4.78, 5) is 11.6. The summed E-state index contributed by atoms with van der Waals surface area (Å²) >= 11 is 0. The Labute approximate surface area is 189 Å². The van der Waals surface area contributed by atoms with E-state index in [1.165, 1.54) is 10.9 Å². The Morgan fingerprint density at radius 2 is 1.63 bits per heavy atom. The van der Waals surface area contributed by atoms with Gasteiger partial charge < -0.3 is 16.0 Å². The van der Waals surface area contributed by atoms with Crippen LogP contribution in [0.3, 0.4) is 0 Å². The number of fused-ring (bicyclic) bond motifs is 3. The van der Waals surface area contributed by atoms with Crippen molar-refractivity contribution >= 4 is 10.9 Å². The normalized spacial score (nSPS) is 15.7. The van der Waals surface area contributed by atoms with Crippen molar-refractivity contribution in [1.82, 2.24) is 30.8 Å².